The summed E-state index contributed by atoms with van der Waals surface area (Å²) in [5.41, 5.74) is 1.38. The number of ether oxygens (including phenoxy) is 1. The molecule has 128 valence electrons. The quantitative estimate of drug-likeness (QED) is 0.861. The lowest BCUT2D eigenvalue weighted by Gasteiger charge is -2.39. The van der Waals surface area contributed by atoms with Crippen LogP contribution in [0.5, 0.6) is 0 Å². The molecule has 2 fully saturated rings. The number of methoxy groups -OCH3 is 1. The van der Waals surface area contributed by atoms with Crippen LogP contribution in [-0.4, -0.2) is 55.7 Å². The van der Waals surface area contributed by atoms with Crippen molar-refractivity contribution in [1.82, 2.24) is 9.88 Å². The van der Waals surface area contributed by atoms with E-state index in [1.165, 1.54) is 0 Å². The van der Waals surface area contributed by atoms with Crippen LogP contribution in [-0.2, 0) is 9.53 Å². The van der Waals surface area contributed by atoms with Crippen molar-refractivity contribution >= 4 is 23.0 Å². The number of hydrogen-bond acceptors (Lipinski definition) is 5. The number of carbonyl (C=O) groups is 1. The minimum Gasteiger partial charge on any atom is -0.423 e. The molecule has 0 radical (unpaired) electrons. The Morgan fingerprint density at radius 1 is 1.29 bits per heavy atom. The van der Waals surface area contributed by atoms with Crippen LogP contribution in [0.4, 0.5) is 6.01 Å². The smallest absolute Gasteiger partial charge is 0.298 e. The molecule has 0 saturated carbocycles. The number of aromatic nitrogens is 1. The monoisotopic (exact) mass is 329 g/mol. The molecule has 1 unspecified atom stereocenters. The Balaban J connectivity index is 1.53. The van der Waals surface area contributed by atoms with Crippen molar-refractivity contribution in [3.8, 4) is 0 Å². The zero-order valence-corrected chi connectivity index (χ0v) is 14.0. The van der Waals surface area contributed by atoms with Crippen molar-refractivity contribution in [3.05, 3.63) is 24.3 Å². The highest BCUT2D eigenvalue weighted by atomic mass is 16.5. The van der Waals surface area contributed by atoms with Crippen molar-refractivity contribution in [1.29, 1.82) is 0 Å². The third kappa shape index (κ3) is 2.55. The predicted molar refractivity (Wildman–Crippen MR) is 91.0 cm³/mol. The molecular weight excluding hydrogens is 306 g/mol. The van der Waals surface area contributed by atoms with Crippen LogP contribution in [0.25, 0.3) is 11.1 Å². The van der Waals surface area contributed by atoms with Gasteiger partial charge in [-0.25, -0.2) is 0 Å². The van der Waals surface area contributed by atoms with Gasteiger partial charge in [-0.2, -0.15) is 4.98 Å². The molecule has 4 rings (SSSR count). The van der Waals surface area contributed by atoms with E-state index in [0.29, 0.717) is 25.7 Å². The molecule has 1 aromatic carbocycles. The summed E-state index contributed by atoms with van der Waals surface area (Å²) >= 11 is 0. The normalized spacial score (nSPS) is 24.5. The maximum atomic E-state index is 13.0. The van der Waals surface area contributed by atoms with Gasteiger partial charge in [-0.05, 0) is 31.4 Å². The van der Waals surface area contributed by atoms with Gasteiger partial charge in [0, 0.05) is 33.3 Å². The van der Waals surface area contributed by atoms with Crippen molar-refractivity contribution in [3.63, 3.8) is 0 Å². The van der Waals surface area contributed by atoms with Gasteiger partial charge in [-0.15, -0.1) is 0 Å². The van der Waals surface area contributed by atoms with Crippen LogP contribution in [0.2, 0.25) is 0 Å². The van der Waals surface area contributed by atoms with E-state index < -0.39 is 0 Å². The maximum Gasteiger partial charge on any atom is 0.298 e. The number of amides is 1. The van der Waals surface area contributed by atoms with Crippen LogP contribution in [0, 0.1) is 5.41 Å². The van der Waals surface area contributed by atoms with Gasteiger partial charge in [-0.1, -0.05) is 12.1 Å². The third-order valence-electron chi connectivity index (χ3n) is 5.30. The molecule has 3 heterocycles. The van der Waals surface area contributed by atoms with E-state index in [1.54, 1.807) is 7.11 Å². The minimum absolute atomic E-state index is 0.268. The molecule has 0 bridgehead atoms. The summed E-state index contributed by atoms with van der Waals surface area (Å²) in [6.45, 7) is 3.63. The summed E-state index contributed by atoms with van der Waals surface area (Å²) in [5.74, 6) is 0.268. The predicted octanol–water partition coefficient (Wildman–Crippen LogP) is 2.29. The molecule has 6 heteroatoms. The van der Waals surface area contributed by atoms with E-state index >= 15 is 0 Å². The average Bonchev–Trinajstić information content (AvgIpc) is 3.21. The number of carbonyl (C=O) groups excluding carboxylic acids is 1. The van der Waals surface area contributed by atoms with Crippen LogP contribution in [0.1, 0.15) is 19.3 Å². The number of nitrogens with zero attached hydrogens (tertiary/aromatic N) is 3. The van der Waals surface area contributed by atoms with Gasteiger partial charge in [0.2, 0.25) is 5.91 Å². The number of para-hydroxylation sites is 2. The molecule has 2 aliphatic heterocycles. The van der Waals surface area contributed by atoms with E-state index in [-0.39, 0.29) is 11.3 Å². The van der Waals surface area contributed by atoms with Gasteiger partial charge < -0.3 is 19.0 Å². The van der Waals surface area contributed by atoms with E-state index in [9.17, 15) is 4.79 Å². The SMILES string of the molecule is COCCN1CCCC2(CCN(c3nc4ccccc4o3)C2)C1=O. The summed E-state index contributed by atoms with van der Waals surface area (Å²) in [6.07, 6.45) is 2.87. The van der Waals surface area contributed by atoms with Crippen LogP contribution in [0.15, 0.2) is 28.7 Å². The summed E-state index contributed by atoms with van der Waals surface area (Å²) < 4.78 is 11.0. The first-order chi connectivity index (χ1) is 11.7. The second-order valence-electron chi connectivity index (χ2n) is 6.80. The topological polar surface area (TPSA) is 58.8 Å². The summed E-state index contributed by atoms with van der Waals surface area (Å²) in [5, 5.41) is 0. The highest BCUT2D eigenvalue weighted by Crippen LogP contribution is 2.41. The molecule has 1 aromatic heterocycles. The third-order valence-corrected chi connectivity index (χ3v) is 5.30. The highest BCUT2D eigenvalue weighted by molar-refractivity contribution is 5.85. The molecule has 1 amide bonds. The van der Waals surface area contributed by atoms with Crippen molar-refractivity contribution in [2.45, 2.75) is 19.3 Å². The van der Waals surface area contributed by atoms with Crippen LogP contribution in [0.3, 0.4) is 0 Å². The Bertz CT molecular complexity index is 711. The van der Waals surface area contributed by atoms with Gasteiger partial charge in [0.15, 0.2) is 5.58 Å². The molecule has 0 N–H and O–H groups in total. The number of rotatable bonds is 4. The van der Waals surface area contributed by atoms with E-state index in [1.807, 2.05) is 29.2 Å². The Morgan fingerprint density at radius 2 is 2.17 bits per heavy atom. The van der Waals surface area contributed by atoms with Gasteiger partial charge in [0.25, 0.3) is 6.01 Å². The minimum atomic E-state index is -0.285. The molecule has 1 atom stereocenters. The first-order valence-electron chi connectivity index (χ1n) is 8.61. The number of likely N-dealkylation sites (tertiary alicyclic amines) is 1. The number of oxazole rings is 1. The Hall–Kier alpha value is -2.08. The number of piperidine rings is 1. The lowest BCUT2D eigenvalue weighted by molar-refractivity contribution is -0.145. The zero-order valence-electron chi connectivity index (χ0n) is 14.0. The summed E-state index contributed by atoms with van der Waals surface area (Å²) in [7, 11) is 1.68. The molecule has 2 aromatic rings. The number of anilines is 1. The van der Waals surface area contributed by atoms with Crippen molar-refractivity contribution in [2.75, 3.05) is 44.8 Å². The Morgan fingerprint density at radius 3 is 3.00 bits per heavy atom. The summed E-state index contributed by atoms with van der Waals surface area (Å²) in [4.78, 5) is 21.7. The van der Waals surface area contributed by atoms with E-state index in [0.717, 1.165) is 43.5 Å². The van der Waals surface area contributed by atoms with Gasteiger partial charge in [-0.3, -0.25) is 4.79 Å². The number of fused-ring (bicyclic) bond motifs is 1. The fourth-order valence-corrected chi connectivity index (χ4v) is 3.98. The Labute approximate surface area is 141 Å². The fourth-order valence-electron chi connectivity index (χ4n) is 3.98. The second kappa shape index (κ2) is 6.09. The molecule has 24 heavy (non-hydrogen) atoms. The lowest BCUT2D eigenvalue weighted by atomic mass is 9.78. The molecule has 0 aliphatic carbocycles. The van der Waals surface area contributed by atoms with Crippen LogP contribution < -0.4 is 4.90 Å². The summed E-state index contributed by atoms with van der Waals surface area (Å²) in [6, 6.07) is 8.41. The zero-order chi connectivity index (χ0) is 16.6. The second-order valence-corrected chi connectivity index (χ2v) is 6.80. The molecule has 1 spiro atoms. The van der Waals surface area contributed by atoms with E-state index in [4.69, 9.17) is 9.15 Å². The first kappa shape index (κ1) is 15.4. The van der Waals surface area contributed by atoms with Gasteiger partial charge in [0.05, 0.1) is 12.0 Å². The molecule has 2 aliphatic rings. The van der Waals surface area contributed by atoms with E-state index in [2.05, 4.69) is 9.88 Å². The van der Waals surface area contributed by atoms with Crippen LogP contribution >= 0.6 is 0 Å². The standard InChI is InChI=1S/C18H23N3O3/c1-23-12-11-20-9-4-7-18(16(20)22)8-10-21(13-18)17-19-14-5-2-3-6-15(14)24-17/h2-3,5-6H,4,7-13H2,1H3. The van der Waals surface area contributed by atoms with Crippen molar-refractivity contribution in [2.24, 2.45) is 5.41 Å². The molecule has 2 saturated heterocycles. The Kier molecular flexibility index (Phi) is 3.92. The maximum absolute atomic E-state index is 13.0. The first-order valence-corrected chi connectivity index (χ1v) is 8.61. The number of benzene rings is 1. The molecule has 6 nitrogen and oxygen atoms in total. The highest BCUT2D eigenvalue weighted by Gasteiger charge is 2.49. The number of hydrogen-bond donors (Lipinski definition) is 0. The average molecular weight is 329 g/mol. The lowest BCUT2D eigenvalue weighted by Crippen LogP contribution is -2.51. The van der Waals surface area contributed by atoms with Gasteiger partial charge in [0.1, 0.15) is 5.52 Å². The molecular formula is C18H23N3O3. The fraction of sp³-hybridized carbons (Fsp3) is 0.556. The van der Waals surface area contributed by atoms with Gasteiger partial charge >= 0.3 is 0 Å². The van der Waals surface area contributed by atoms with Crippen molar-refractivity contribution < 1.29 is 13.9 Å². The largest absolute Gasteiger partial charge is 0.423 e.